The molecule has 0 aromatic heterocycles. The molecule has 1 amide bonds. The van der Waals surface area contributed by atoms with E-state index in [0.717, 1.165) is 25.3 Å². The Morgan fingerprint density at radius 3 is 2.50 bits per heavy atom. The second-order valence-corrected chi connectivity index (χ2v) is 8.31. The van der Waals surface area contributed by atoms with Gasteiger partial charge in [-0.2, -0.15) is 5.26 Å². The molecule has 152 valence electrons. The number of benzene rings is 1. The highest BCUT2D eigenvalue weighted by Gasteiger charge is 2.33. The first-order valence-electron chi connectivity index (χ1n) is 8.78. The Morgan fingerprint density at radius 1 is 1.25 bits per heavy atom. The number of amides is 1. The number of nitriles is 1. The molecule has 28 heavy (non-hydrogen) atoms. The van der Waals surface area contributed by atoms with Crippen LogP contribution in [0.4, 0.5) is 0 Å². The van der Waals surface area contributed by atoms with E-state index in [0.29, 0.717) is 12.8 Å². The van der Waals surface area contributed by atoms with Gasteiger partial charge in [-0.25, -0.2) is 17.9 Å². The molecule has 1 saturated carbocycles. The number of hydrogen-bond donors (Lipinski definition) is 2. The first-order valence-corrected chi connectivity index (χ1v) is 10.3. The van der Waals surface area contributed by atoms with Crippen molar-refractivity contribution in [2.45, 2.75) is 42.5 Å². The van der Waals surface area contributed by atoms with E-state index in [1.807, 2.05) is 0 Å². The Bertz CT molecular complexity index is 885. The zero-order chi connectivity index (χ0) is 20.8. The monoisotopic (exact) mass is 409 g/mol. The van der Waals surface area contributed by atoms with Gasteiger partial charge in [-0.05, 0) is 38.1 Å². The number of ether oxygens (including phenoxy) is 2. The number of nitrogens with zero attached hydrogens (tertiary/aromatic N) is 1. The molecule has 1 aliphatic rings. The van der Waals surface area contributed by atoms with Crippen LogP contribution in [0.2, 0.25) is 0 Å². The molecule has 10 heteroatoms. The summed E-state index contributed by atoms with van der Waals surface area (Å²) in [5.74, 6) is -1.37. The molecular weight excluding hydrogens is 386 g/mol. The van der Waals surface area contributed by atoms with Crippen molar-refractivity contribution in [1.29, 1.82) is 5.26 Å². The predicted molar refractivity (Wildman–Crippen MR) is 99.1 cm³/mol. The third-order valence-electron chi connectivity index (χ3n) is 4.59. The summed E-state index contributed by atoms with van der Waals surface area (Å²) in [5, 5.41) is 12.0. The Labute approximate surface area is 164 Å². The maximum absolute atomic E-state index is 12.2. The molecule has 0 aliphatic heterocycles. The summed E-state index contributed by atoms with van der Waals surface area (Å²) >= 11 is 0. The third-order valence-corrected chi connectivity index (χ3v) is 6.03. The van der Waals surface area contributed by atoms with Crippen LogP contribution in [0.1, 0.15) is 42.5 Å². The SMILES string of the molecule is CNS(=O)(=O)c1cc(C(=O)OCC(=O)NC2(C#N)CCCCC2)ccc1OC. The summed E-state index contributed by atoms with van der Waals surface area (Å²) in [6.07, 6.45) is 3.84. The lowest BCUT2D eigenvalue weighted by atomic mass is 9.83. The predicted octanol–water partition coefficient (Wildman–Crippen LogP) is 1.10. The van der Waals surface area contributed by atoms with Gasteiger partial charge in [0.25, 0.3) is 5.91 Å². The molecule has 1 fully saturated rings. The molecule has 2 N–H and O–H groups in total. The smallest absolute Gasteiger partial charge is 0.338 e. The molecule has 0 unspecified atom stereocenters. The lowest BCUT2D eigenvalue weighted by molar-refractivity contribution is -0.125. The largest absolute Gasteiger partial charge is 0.495 e. The highest BCUT2D eigenvalue weighted by Crippen LogP contribution is 2.27. The van der Waals surface area contributed by atoms with Crippen molar-refractivity contribution in [1.82, 2.24) is 10.0 Å². The zero-order valence-electron chi connectivity index (χ0n) is 15.8. The van der Waals surface area contributed by atoms with Gasteiger partial charge in [-0.3, -0.25) is 4.79 Å². The van der Waals surface area contributed by atoms with E-state index in [2.05, 4.69) is 16.1 Å². The number of carbonyl (C=O) groups is 2. The lowest BCUT2D eigenvalue weighted by Gasteiger charge is -2.31. The minimum atomic E-state index is -3.86. The minimum absolute atomic E-state index is 0.0462. The van der Waals surface area contributed by atoms with Crippen LogP contribution in [-0.2, 0) is 19.6 Å². The first-order chi connectivity index (χ1) is 13.3. The van der Waals surface area contributed by atoms with Gasteiger partial charge >= 0.3 is 5.97 Å². The Kier molecular flexibility index (Phi) is 6.99. The van der Waals surface area contributed by atoms with Crippen molar-refractivity contribution in [2.24, 2.45) is 0 Å². The van der Waals surface area contributed by atoms with Crippen molar-refractivity contribution >= 4 is 21.9 Å². The Balaban J connectivity index is 2.06. The fourth-order valence-corrected chi connectivity index (χ4v) is 3.98. The van der Waals surface area contributed by atoms with Crippen LogP contribution in [0.3, 0.4) is 0 Å². The molecule has 0 spiro atoms. The number of carbonyl (C=O) groups excluding carboxylic acids is 2. The van der Waals surface area contributed by atoms with E-state index in [-0.39, 0.29) is 16.2 Å². The van der Waals surface area contributed by atoms with Crippen LogP contribution in [0.5, 0.6) is 5.75 Å². The van der Waals surface area contributed by atoms with Gasteiger partial charge in [0.1, 0.15) is 16.2 Å². The van der Waals surface area contributed by atoms with Crippen LogP contribution in [0.25, 0.3) is 0 Å². The third kappa shape index (κ3) is 4.99. The highest BCUT2D eigenvalue weighted by atomic mass is 32.2. The maximum atomic E-state index is 12.2. The van der Waals surface area contributed by atoms with E-state index in [1.54, 1.807) is 0 Å². The van der Waals surface area contributed by atoms with E-state index in [4.69, 9.17) is 9.47 Å². The Hall–Kier alpha value is -2.64. The Morgan fingerprint density at radius 2 is 1.93 bits per heavy atom. The summed E-state index contributed by atoms with van der Waals surface area (Å²) < 4.78 is 36.3. The van der Waals surface area contributed by atoms with Gasteiger partial charge in [0.15, 0.2) is 6.61 Å². The first kappa shape index (κ1) is 21.7. The molecule has 0 saturated heterocycles. The van der Waals surface area contributed by atoms with Crippen molar-refractivity contribution in [3.05, 3.63) is 23.8 Å². The molecule has 1 aromatic rings. The summed E-state index contributed by atoms with van der Waals surface area (Å²) in [6, 6.07) is 5.93. The summed E-state index contributed by atoms with van der Waals surface area (Å²) in [4.78, 5) is 24.1. The standard InChI is InChI=1S/C18H23N3O6S/c1-20-28(24,25)15-10-13(6-7-14(15)26-2)17(23)27-11-16(22)21-18(12-19)8-4-3-5-9-18/h6-7,10,20H,3-5,8-9,11H2,1-2H3,(H,21,22). The average Bonchev–Trinajstić information content (AvgIpc) is 2.72. The summed E-state index contributed by atoms with van der Waals surface area (Å²) in [7, 11) is -1.31. The van der Waals surface area contributed by atoms with E-state index < -0.39 is 34.0 Å². The molecule has 9 nitrogen and oxygen atoms in total. The normalized spacial score (nSPS) is 15.9. The van der Waals surface area contributed by atoms with E-state index >= 15 is 0 Å². The molecule has 1 aromatic carbocycles. The van der Waals surface area contributed by atoms with Crippen LogP contribution in [-0.4, -0.2) is 46.6 Å². The number of nitrogens with one attached hydrogen (secondary N) is 2. The maximum Gasteiger partial charge on any atom is 0.338 e. The van der Waals surface area contributed by atoms with Gasteiger partial charge in [0.05, 0.1) is 18.7 Å². The minimum Gasteiger partial charge on any atom is -0.495 e. The molecule has 1 aliphatic carbocycles. The number of esters is 1. The van der Waals surface area contributed by atoms with E-state index in [1.165, 1.54) is 26.3 Å². The number of methoxy groups -OCH3 is 1. The second-order valence-electron chi connectivity index (χ2n) is 6.45. The number of hydrogen-bond acceptors (Lipinski definition) is 7. The van der Waals surface area contributed by atoms with Crippen LogP contribution >= 0.6 is 0 Å². The fraction of sp³-hybridized carbons (Fsp3) is 0.500. The average molecular weight is 409 g/mol. The molecule has 0 heterocycles. The van der Waals surface area contributed by atoms with Gasteiger partial charge in [-0.1, -0.05) is 19.3 Å². The van der Waals surface area contributed by atoms with Gasteiger partial charge < -0.3 is 14.8 Å². The number of sulfonamides is 1. The summed E-state index contributed by atoms with van der Waals surface area (Å²) in [6.45, 7) is -0.567. The second kappa shape index (κ2) is 9.03. The summed E-state index contributed by atoms with van der Waals surface area (Å²) in [5.41, 5.74) is -0.967. The van der Waals surface area contributed by atoms with Gasteiger partial charge in [0, 0.05) is 0 Å². The highest BCUT2D eigenvalue weighted by molar-refractivity contribution is 7.89. The van der Waals surface area contributed by atoms with Crippen molar-refractivity contribution < 1.29 is 27.5 Å². The zero-order valence-corrected chi connectivity index (χ0v) is 16.6. The topological polar surface area (TPSA) is 135 Å². The number of rotatable bonds is 7. The van der Waals surface area contributed by atoms with E-state index in [9.17, 15) is 23.3 Å². The lowest BCUT2D eigenvalue weighted by Crippen LogP contribution is -2.50. The van der Waals surface area contributed by atoms with Gasteiger partial charge in [0.2, 0.25) is 10.0 Å². The van der Waals surface area contributed by atoms with Gasteiger partial charge in [-0.15, -0.1) is 0 Å². The molecule has 2 rings (SSSR count). The van der Waals surface area contributed by atoms with Crippen LogP contribution in [0.15, 0.2) is 23.1 Å². The quantitative estimate of drug-likeness (QED) is 0.644. The van der Waals surface area contributed by atoms with Crippen molar-refractivity contribution in [3.8, 4) is 11.8 Å². The van der Waals surface area contributed by atoms with Crippen molar-refractivity contribution in [2.75, 3.05) is 20.8 Å². The molecule has 0 atom stereocenters. The van der Waals surface area contributed by atoms with Crippen LogP contribution < -0.4 is 14.8 Å². The van der Waals surface area contributed by atoms with Crippen LogP contribution in [0, 0.1) is 11.3 Å². The molecule has 0 bridgehead atoms. The van der Waals surface area contributed by atoms with Crippen molar-refractivity contribution in [3.63, 3.8) is 0 Å². The molecular formula is C18H23N3O6S. The fourth-order valence-electron chi connectivity index (χ4n) is 3.06. The molecule has 0 radical (unpaired) electrons.